The Morgan fingerprint density at radius 1 is 1.60 bits per heavy atom. The van der Waals surface area contributed by atoms with Crippen LogP contribution in [0.3, 0.4) is 0 Å². The van der Waals surface area contributed by atoms with Gasteiger partial charge in [-0.05, 0) is 20.8 Å². The lowest BCUT2D eigenvalue weighted by molar-refractivity contribution is -0.136. The first-order valence-electron chi connectivity index (χ1n) is 4.69. The highest BCUT2D eigenvalue weighted by Gasteiger charge is 2.22. The third-order valence-electron chi connectivity index (χ3n) is 1.75. The number of aliphatic hydroxyl groups is 1. The first-order chi connectivity index (χ1) is 6.89. The average Bonchev–Trinajstić information content (AvgIpc) is 2.49. The molecule has 0 aliphatic carbocycles. The van der Waals surface area contributed by atoms with Crippen molar-refractivity contribution in [2.75, 3.05) is 6.54 Å². The number of amides is 1. The van der Waals surface area contributed by atoms with Gasteiger partial charge in [0, 0.05) is 13.0 Å². The van der Waals surface area contributed by atoms with Crippen LogP contribution in [0.25, 0.3) is 0 Å². The highest BCUT2D eigenvalue weighted by molar-refractivity contribution is 5.83. The van der Waals surface area contributed by atoms with Crippen LogP contribution in [0.5, 0.6) is 0 Å². The van der Waals surface area contributed by atoms with Gasteiger partial charge < -0.3 is 14.9 Å². The summed E-state index contributed by atoms with van der Waals surface area (Å²) in [6.45, 7) is 4.95. The van der Waals surface area contributed by atoms with Crippen LogP contribution >= 0.6 is 0 Å². The molecule has 0 aliphatic heterocycles. The summed E-state index contributed by atoms with van der Waals surface area (Å²) in [6.07, 6.45) is 0.461. The maximum absolute atomic E-state index is 11.2. The SMILES string of the molecule is Cc1noc(CCNC(=O)C(C)(C)O)n1. The second-order valence-corrected chi connectivity index (χ2v) is 3.80. The normalized spacial score (nSPS) is 11.5. The van der Waals surface area contributed by atoms with Crippen molar-refractivity contribution in [3.63, 3.8) is 0 Å². The van der Waals surface area contributed by atoms with Crippen molar-refractivity contribution >= 4 is 5.91 Å². The summed E-state index contributed by atoms with van der Waals surface area (Å²) in [5.41, 5.74) is -1.36. The van der Waals surface area contributed by atoms with E-state index in [4.69, 9.17) is 4.52 Å². The molecule has 0 unspecified atom stereocenters. The van der Waals surface area contributed by atoms with Crippen LogP contribution in [0.4, 0.5) is 0 Å². The number of hydrogen-bond acceptors (Lipinski definition) is 5. The van der Waals surface area contributed by atoms with E-state index in [-0.39, 0.29) is 0 Å². The zero-order valence-corrected chi connectivity index (χ0v) is 9.07. The molecule has 0 atom stereocenters. The van der Waals surface area contributed by atoms with Gasteiger partial charge in [0.25, 0.3) is 5.91 Å². The van der Waals surface area contributed by atoms with Crippen LogP contribution in [0.15, 0.2) is 4.52 Å². The molecule has 1 heterocycles. The van der Waals surface area contributed by atoms with Gasteiger partial charge in [-0.3, -0.25) is 4.79 Å². The van der Waals surface area contributed by atoms with E-state index in [0.717, 1.165) is 0 Å². The molecule has 1 amide bonds. The van der Waals surface area contributed by atoms with Gasteiger partial charge >= 0.3 is 0 Å². The van der Waals surface area contributed by atoms with Crippen LogP contribution in [0, 0.1) is 6.92 Å². The molecule has 0 spiro atoms. The first-order valence-corrected chi connectivity index (χ1v) is 4.69. The lowest BCUT2D eigenvalue weighted by Crippen LogP contribution is -2.42. The molecule has 1 aromatic heterocycles. The molecule has 0 saturated heterocycles. The largest absolute Gasteiger partial charge is 0.381 e. The van der Waals surface area contributed by atoms with Gasteiger partial charge in [0.2, 0.25) is 5.89 Å². The lowest BCUT2D eigenvalue weighted by atomic mass is 10.1. The zero-order chi connectivity index (χ0) is 11.5. The molecular weight excluding hydrogens is 198 g/mol. The standard InChI is InChI=1S/C9H15N3O3/c1-6-11-7(15-12-6)4-5-10-8(13)9(2,3)14/h14H,4-5H2,1-3H3,(H,10,13). The van der Waals surface area contributed by atoms with E-state index < -0.39 is 11.5 Å². The minimum atomic E-state index is -1.36. The molecule has 1 aromatic rings. The van der Waals surface area contributed by atoms with E-state index in [0.29, 0.717) is 24.7 Å². The summed E-state index contributed by atoms with van der Waals surface area (Å²) >= 11 is 0. The van der Waals surface area contributed by atoms with Crippen molar-refractivity contribution in [1.82, 2.24) is 15.5 Å². The van der Waals surface area contributed by atoms with E-state index >= 15 is 0 Å². The van der Waals surface area contributed by atoms with Crippen molar-refractivity contribution in [3.8, 4) is 0 Å². The third kappa shape index (κ3) is 3.67. The highest BCUT2D eigenvalue weighted by atomic mass is 16.5. The fraction of sp³-hybridized carbons (Fsp3) is 0.667. The molecule has 0 fully saturated rings. The zero-order valence-electron chi connectivity index (χ0n) is 9.07. The van der Waals surface area contributed by atoms with Gasteiger partial charge in [0.05, 0.1) is 0 Å². The Kier molecular flexibility index (Phi) is 3.41. The Morgan fingerprint density at radius 3 is 2.73 bits per heavy atom. The number of hydrogen-bond donors (Lipinski definition) is 2. The molecule has 15 heavy (non-hydrogen) atoms. The van der Waals surface area contributed by atoms with Crippen LogP contribution < -0.4 is 5.32 Å². The van der Waals surface area contributed by atoms with Gasteiger partial charge in [-0.2, -0.15) is 4.98 Å². The van der Waals surface area contributed by atoms with Crippen molar-refractivity contribution in [2.45, 2.75) is 32.8 Å². The van der Waals surface area contributed by atoms with Gasteiger partial charge in [-0.1, -0.05) is 5.16 Å². The first kappa shape index (κ1) is 11.6. The molecule has 1 rings (SSSR count). The lowest BCUT2D eigenvalue weighted by Gasteiger charge is -2.15. The fourth-order valence-corrected chi connectivity index (χ4v) is 0.941. The van der Waals surface area contributed by atoms with E-state index in [9.17, 15) is 9.90 Å². The molecule has 6 nitrogen and oxygen atoms in total. The maximum Gasteiger partial charge on any atom is 0.251 e. The van der Waals surface area contributed by atoms with E-state index in [1.54, 1.807) is 6.92 Å². The number of carbonyl (C=O) groups is 1. The quantitative estimate of drug-likeness (QED) is 0.723. The Bertz CT molecular complexity index is 341. The van der Waals surface area contributed by atoms with Crippen LogP contribution in [-0.2, 0) is 11.2 Å². The van der Waals surface area contributed by atoms with Crippen molar-refractivity contribution in [1.29, 1.82) is 0 Å². The summed E-state index contributed by atoms with van der Waals surface area (Å²) in [5, 5.41) is 15.5. The fourth-order valence-electron chi connectivity index (χ4n) is 0.941. The minimum absolute atomic E-state index is 0.366. The molecule has 2 N–H and O–H groups in total. The molecular formula is C9H15N3O3. The summed E-state index contributed by atoms with van der Waals surface area (Å²) in [4.78, 5) is 15.2. The molecule has 84 valence electrons. The summed E-state index contributed by atoms with van der Waals surface area (Å²) in [6, 6.07) is 0. The molecule has 0 saturated carbocycles. The predicted octanol–water partition coefficient (Wildman–Crippen LogP) is -0.192. The smallest absolute Gasteiger partial charge is 0.251 e. The second kappa shape index (κ2) is 4.39. The number of carbonyl (C=O) groups excluding carboxylic acids is 1. The Labute approximate surface area is 87.7 Å². The third-order valence-corrected chi connectivity index (χ3v) is 1.75. The average molecular weight is 213 g/mol. The van der Waals surface area contributed by atoms with E-state index in [1.807, 2.05) is 0 Å². The van der Waals surface area contributed by atoms with E-state index in [2.05, 4.69) is 15.5 Å². The topological polar surface area (TPSA) is 88.2 Å². The Morgan fingerprint density at radius 2 is 2.27 bits per heavy atom. The van der Waals surface area contributed by atoms with Crippen molar-refractivity contribution in [3.05, 3.63) is 11.7 Å². The maximum atomic E-state index is 11.2. The predicted molar refractivity (Wildman–Crippen MR) is 52.0 cm³/mol. The number of rotatable bonds is 4. The molecule has 6 heteroatoms. The Hall–Kier alpha value is -1.43. The van der Waals surface area contributed by atoms with Crippen molar-refractivity contribution < 1.29 is 14.4 Å². The van der Waals surface area contributed by atoms with Crippen LogP contribution in [0.2, 0.25) is 0 Å². The summed E-state index contributed by atoms with van der Waals surface area (Å²) in [7, 11) is 0. The number of nitrogens with zero attached hydrogens (tertiary/aromatic N) is 2. The van der Waals surface area contributed by atoms with E-state index in [1.165, 1.54) is 13.8 Å². The van der Waals surface area contributed by atoms with Gasteiger partial charge in [0.1, 0.15) is 5.60 Å². The van der Waals surface area contributed by atoms with Crippen LogP contribution in [0.1, 0.15) is 25.6 Å². The monoisotopic (exact) mass is 213 g/mol. The Balaban J connectivity index is 2.31. The molecule has 0 radical (unpaired) electrons. The number of aryl methyl sites for hydroxylation is 1. The highest BCUT2D eigenvalue weighted by Crippen LogP contribution is 2.00. The van der Waals surface area contributed by atoms with Crippen LogP contribution in [-0.4, -0.2) is 33.3 Å². The van der Waals surface area contributed by atoms with Gasteiger partial charge in [0.15, 0.2) is 5.82 Å². The molecule has 0 bridgehead atoms. The summed E-state index contributed by atoms with van der Waals surface area (Å²) in [5.74, 6) is 0.626. The minimum Gasteiger partial charge on any atom is -0.381 e. The summed E-state index contributed by atoms with van der Waals surface area (Å²) < 4.78 is 4.86. The number of aromatic nitrogens is 2. The second-order valence-electron chi connectivity index (χ2n) is 3.80. The van der Waals surface area contributed by atoms with Gasteiger partial charge in [-0.15, -0.1) is 0 Å². The molecule has 0 aliphatic rings. The molecule has 0 aromatic carbocycles. The van der Waals surface area contributed by atoms with Gasteiger partial charge in [-0.25, -0.2) is 0 Å². The number of nitrogens with one attached hydrogen (secondary N) is 1. The van der Waals surface area contributed by atoms with Crippen molar-refractivity contribution in [2.24, 2.45) is 0 Å².